The van der Waals surface area contributed by atoms with Crippen molar-refractivity contribution in [2.24, 2.45) is 0 Å². The number of benzene rings is 1. The molecule has 2 rings (SSSR count). The number of nitrogen functional groups attached to an aromatic ring is 1. The first-order valence-corrected chi connectivity index (χ1v) is 5.66. The standard InChI is InChI=1S/C14H13N3O2/c1-19-14-3-2-10(7-15)6-11(14)8-17-5-4-13(18)12(16)9-17/h2-6,9H,8,16H2,1H3. The number of pyridine rings is 1. The van der Waals surface area contributed by atoms with Gasteiger partial charge in [0.1, 0.15) is 5.75 Å². The van der Waals surface area contributed by atoms with Gasteiger partial charge in [-0.15, -0.1) is 0 Å². The van der Waals surface area contributed by atoms with Crippen LogP contribution in [-0.2, 0) is 6.54 Å². The highest BCUT2D eigenvalue weighted by molar-refractivity contribution is 5.42. The Bertz CT molecular complexity index is 699. The molecule has 1 aromatic carbocycles. The van der Waals surface area contributed by atoms with Gasteiger partial charge in [0.2, 0.25) is 5.43 Å². The summed E-state index contributed by atoms with van der Waals surface area (Å²) in [5, 5.41) is 8.91. The van der Waals surface area contributed by atoms with Crippen LogP contribution in [0.4, 0.5) is 5.69 Å². The fourth-order valence-electron chi connectivity index (χ4n) is 1.81. The molecule has 2 aromatic rings. The van der Waals surface area contributed by atoms with E-state index in [0.717, 1.165) is 5.56 Å². The molecule has 19 heavy (non-hydrogen) atoms. The molecule has 0 saturated carbocycles. The predicted molar refractivity (Wildman–Crippen MR) is 71.9 cm³/mol. The summed E-state index contributed by atoms with van der Waals surface area (Å²) in [6, 6.07) is 8.70. The topological polar surface area (TPSA) is 81.0 Å². The summed E-state index contributed by atoms with van der Waals surface area (Å²) < 4.78 is 7.03. The van der Waals surface area contributed by atoms with Crippen LogP contribution in [0.15, 0.2) is 41.5 Å². The summed E-state index contributed by atoms with van der Waals surface area (Å²) in [4.78, 5) is 11.2. The third-order valence-corrected chi connectivity index (χ3v) is 2.77. The number of aromatic nitrogens is 1. The van der Waals surface area contributed by atoms with Crippen LogP contribution in [0.25, 0.3) is 0 Å². The quantitative estimate of drug-likeness (QED) is 0.897. The van der Waals surface area contributed by atoms with Gasteiger partial charge in [-0.2, -0.15) is 5.26 Å². The van der Waals surface area contributed by atoms with Crippen molar-refractivity contribution in [3.05, 3.63) is 58.0 Å². The van der Waals surface area contributed by atoms with Gasteiger partial charge in [-0.25, -0.2) is 0 Å². The van der Waals surface area contributed by atoms with E-state index in [2.05, 4.69) is 6.07 Å². The van der Waals surface area contributed by atoms with Crippen LogP contribution in [0.3, 0.4) is 0 Å². The summed E-state index contributed by atoms with van der Waals surface area (Å²) in [6.45, 7) is 0.475. The largest absolute Gasteiger partial charge is 0.496 e. The van der Waals surface area contributed by atoms with Crippen molar-refractivity contribution in [3.8, 4) is 11.8 Å². The molecule has 0 bridgehead atoms. The van der Waals surface area contributed by atoms with E-state index in [1.54, 1.807) is 42.3 Å². The molecule has 0 amide bonds. The van der Waals surface area contributed by atoms with Crippen molar-refractivity contribution >= 4 is 5.69 Å². The number of anilines is 1. The first-order chi connectivity index (χ1) is 9.13. The molecular weight excluding hydrogens is 242 g/mol. The Morgan fingerprint density at radius 3 is 2.84 bits per heavy atom. The Balaban J connectivity index is 2.39. The lowest BCUT2D eigenvalue weighted by Crippen LogP contribution is -2.11. The number of hydrogen-bond donors (Lipinski definition) is 1. The van der Waals surface area contributed by atoms with E-state index >= 15 is 0 Å². The van der Waals surface area contributed by atoms with E-state index in [9.17, 15) is 4.79 Å². The maximum absolute atomic E-state index is 11.2. The molecule has 0 fully saturated rings. The van der Waals surface area contributed by atoms with Gasteiger partial charge in [-0.3, -0.25) is 4.79 Å². The maximum Gasteiger partial charge on any atom is 0.204 e. The maximum atomic E-state index is 11.2. The Morgan fingerprint density at radius 1 is 1.42 bits per heavy atom. The highest BCUT2D eigenvalue weighted by atomic mass is 16.5. The normalized spacial score (nSPS) is 9.89. The van der Waals surface area contributed by atoms with Crippen molar-refractivity contribution in [2.45, 2.75) is 6.54 Å². The average molecular weight is 255 g/mol. The number of nitriles is 1. The molecule has 0 aliphatic heterocycles. The lowest BCUT2D eigenvalue weighted by molar-refractivity contribution is 0.408. The molecule has 0 aliphatic carbocycles. The molecule has 0 unspecified atom stereocenters. The average Bonchev–Trinajstić information content (AvgIpc) is 2.43. The number of nitrogens with two attached hydrogens (primary N) is 1. The van der Waals surface area contributed by atoms with Crippen molar-refractivity contribution < 1.29 is 4.74 Å². The number of methoxy groups -OCH3 is 1. The summed E-state index contributed by atoms with van der Waals surface area (Å²) >= 11 is 0. The van der Waals surface area contributed by atoms with Gasteiger partial charge < -0.3 is 15.0 Å². The summed E-state index contributed by atoms with van der Waals surface area (Å²) in [6.07, 6.45) is 3.22. The van der Waals surface area contributed by atoms with E-state index in [4.69, 9.17) is 15.7 Å². The van der Waals surface area contributed by atoms with Crippen LogP contribution < -0.4 is 15.9 Å². The van der Waals surface area contributed by atoms with Gasteiger partial charge >= 0.3 is 0 Å². The third kappa shape index (κ3) is 2.75. The minimum atomic E-state index is -0.200. The first kappa shape index (κ1) is 12.7. The molecule has 2 N–H and O–H groups in total. The molecule has 5 heteroatoms. The second kappa shape index (κ2) is 5.27. The van der Waals surface area contributed by atoms with E-state index in [1.165, 1.54) is 6.07 Å². The van der Waals surface area contributed by atoms with Gasteiger partial charge in [0.05, 0.1) is 31.0 Å². The van der Waals surface area contributed by atoms with Crippen molar-refractivity contribution in [3.63, 3.8) is 0 Å². The summed E-state index contributed by atoms with van der Waals surface area (Å²) in [5.74, 6) is 0.691. The molecule has 96 valence electrons. The Kier molecular flexibility index (Phi) is 3.53. The van der Waals surface area contributed by atoms with E-state index in [-0.39, 0.29) is 11.1 Å². The molecule has 0 spiro atoms. The molecule has 0 atom stereocenters. The molecule has 0 aliphatic rings. The predicted octanol–water partition coefficient (Wildman–Crippen LogP) is 1.36. The Morgan fingerprint density at radius 2 is 2.21 bits per heavy atom. The molecule has 0 radical (unpaired) electrons. The van der Waals surface area contributed by atoms with E-state index in [0.29, 0.717) is 17.9 Å². The zero-order valence-electron chi connectivity index (χ0n) is 10.5. The first-order valence-electron chi connectivity index (χ1n) is 5.66. The highest BCUT2D eigenvalue weighted by Crippen LogP contribution is 2.20. The second-order valence-electron chi connectivity index (χ2n) is 4.08. The van der Waals surface area contributed by atoms with Crippen LogP contribution in [0.1, 0.15) is 11.1 Å². The molecule has 5 nitrogen and oxygen atoms in total. The van der Waals surface area contributed by atoms with Gasteiger partial charge in [0.15, 0.2) is 0 Å². The smallest absolute Gasteiger partial charge is 0.204 e. The monoisotopic (exact) mass is 255 g/mol. The molecule has 1 aromatic heterocycles. The highest BCUT2D eigenvalue weighted by Gasteiger charge is 2.05. The van der Waals surface area contributed by atoms with Crippen LogP contribution in [0.5, 0.6) is 5.75 Å². The lowest BCUT2D eigenvalue weighted by atomic mass is 10.1. The third-order valence-electron chi connectivity index (χ3n) is 2.77. The van der Waals surface area contributed by atoms with Gasteiger partial charge in [0.25, 0.3) is 0 Å². The second-order valence-corrected chi connectivity index (χ2v) is 4.08. The van der Waals surface area contributed by atoms with Crippen LogP contribution in [-0.4, -0.2) is 11.7 Å². The van der Waals surface area contributed by atoms with Crippen molar-refractivity contribution in [2.75, 3.05) is 12.8 Å². The molecule has 1 heterocycles. The zero-order chi connectivity index (χ0) is 13.8. The number of nitrogens with zero attached hydrogens (tertiary/aromatic N) is 2. The summed E-state index contributed by atoms with van der Waals surface area (Å²) in [7, 11) is 1.57. The van der Waals surface area contributed by atoms with E-state index < -0.39 is 0 Å². The van der Waals surface area contributed by atoms with Gasteiger partial charge in [-0.05, 0) is 18.2 Å². The van der Waals surface area contributed by atoms with Crippen molar-refractivity contribution in [1.29, 1.82) is 5.26 Å². The van der Waals surface area contributed by atoms with Crippen molar-refractivity contribution in [1.82, 2.24) is 4.57 Å². The fourth-order valence-corrected chi connectivity index (χ4v) is 1.81. The number of ether oxygens (including phenoxy) is 1. The van der Waals surface area contributed by atoms with Crippen LogP contribution in [0, 0.1) is 11.3 Å². The Labute approximate surface area is 110 Å². The Hall–Kier alpha value is -2.74. The number of hydrogen-bond acceptors (Lipinski definition) is 4. The minimum absolute atomic E-state index is 0.193. The lowest BCUT2D eigenvalue weighted by Gasteiger charge is -2.11. The van der Waals surface area contributed by atoms with Gasteiger partial charge in [0, 0.05) is 24.0 Å². The molecular formula is C14H13N3O2. The molecule has 0 saturated heterocycles. The van der Waals surface area contributed by atoms with Crippen LogP contribution in [0.2, 0.25) is 0 Å². The van der Waals surface area contributed by atoms with E-state index in [1.807, 2.05) is 0 Å². The van der Waals surface area contributed by atoms with Crippen LogP contribution >= 0.6 is 0 Å². The summed E-state index contributed by atoms with van der Waals surface area (Å²) in [5.41, 5.74) is 6.99. The number of rotatable bonds is 3. The minimum Gasteiger partial charge on any atom is -0.496 e. The fraction of sp³-hybridized carbons (Fsp3) is 0.143. The zero-order valence-corrected chi connectivity index (χ0v) is 10.5. The van der Waals surface area contributed by atoms with Gasteiger partial charge in [-0.1, -0.05) is 0 Å². The SMILES string of the molecule is COc1ccc(C#N)cc1Cn1ccc(=O)c(N)c1.